The topological polar surface area (TPSA) is 57.3 Å². The van der Waals surface area contributed by atoms with Crippen LogP contribution in [0.2, 0.25) is 0 Å². The fraction of sp³-hybridized carbons (Fsp3) is 0.600. The van der Waals surface area contributed by atoms with Crippen molar-refractivity contribution in [1.29, 1.82) is 0 Å². The predicted octanol–water partition coefficient (Wildman–Crippen LogP) is 1.87. The summed E-state index contributed by atoms with van der Waals surface area (Å²) in [6.07, 6.45) is 4.56. The summed E-state index contributed by atoms with van der Waals surface area (Å²) < 4.78 is 13.3. The van der Waals surface area contributed by atoms with Gasteiger partial charge in [0, 0.05) is 13.1 Å². The van der Waals surface area contributed by atoms with Gasteiger partial charge in [-0.15, -0.1) is 0 Å². The van der Waals surface area contributed by atoms with Crippen LogP contribution in [0.3, 0.4) is 0 Å². The van der Waals surface area contributed by atoms with Gasteiger partial charge in [0.2, 0.25) is 0 Å². The molecule has 0 saturated carbocycles. The number of nitrogens with one attached hydrogen (secondary N) is 2. The Morgan fingerprint density at radius 2 is 2.19 bits per heavy atom. The SMILES string of the molecule is CCNc1ncc(F)cc1C(=O)NCCCN1CCCC1. The van der Waals surface area contributed by atoms with Crippen molar-refractivity contribution in [1.82, 2.24) is 15.2 Å². The number of carbonyl (C=O) groups excluding carboxylic acids is 1. The second kappa shape index (κ2) is 7.93. The van der Waals surface area contributed by atoms with E-state index in [0.717, 1.165) is 32.3 Å². The molecule has 0 aromatic carbocycles. The van der Waals surface area contributed by atoms with Crippen molar-refractivity contribution in [2.24, 2.45) is 0 Å². The first-order valence-corrected chi connectivity index (χ1v) is 7.60. The first-order chi connectivity index (χ1) is 10.2. The molecule has 0 radical (unpaired) electrons. The maximum absolute atomic E-state index is 13.3. The van der Waals surface area contributed by atoms with Crippen LogP contribution >= 0.6 is 0 Å². The Morgan fingerprint density at radius 1 is 1.43 bits per heavy atom. The van der Waals surface area contributed by atoms with Crippen LogP contribution < -0.4 is 10.6 Å². The monoisotopic (exact) mass is 294 g/mol. The minimum absolute atomic E-state index is 0.262. The summed E-state index contributed by atoms with van der Waals surface area (Å²) in [5, 5.41) is 5.81. The molecule has 6 heteroatoms. The number of pyridine rings is 1. The highest BCUT2D eigenvalue weighted by Gasteiger charge is 2.14. The zero-order valence-electron chi connectivity index (χ0n) is 12.5. The van der Waals surface area contributed by atoms with Crippen molar-refractivity contribution in [3.63, 3.8) is 0 Å². The van der Waals surface area contributed by atoms with E-state index in [-0.39, 0.29) is 11.5 Å². The third-order valence-electron chi connectivity index (χ3n) is 3.58. The van der Waals surface area contributed by atoms with Crippen LogP contribution in [0, 0.1) is 5.82 Å². The molecule has 0 spiro atoms. The van der Waals surface area contributed by atoms with E-state index in [0.29, 0.717) is 18.9 Å². The van der Waals surface area contributed by atoms with Crippen molar-refractivity contribution in [2.45, 2.75) is 26.2 Å². The molecule has 2 heterocycles. The first-order valence-electron chi connectivity index (χ1n) is 7.60. The van der Waals surface area contributed by atoms with Gasteiger partial charge in [-0.3, -0.25) is 4.79 Å². The fourth-order valence-corrected chi connectivity index (χ4v) is 2.53. The molecular formula is C15H23FN4O. The lowest BCUT2D eigenvalue weighted by Crippen LogP contribution is -2.29. The smallest absolute Gasteiger partial charge is 0.255 e. The molecule has 0 unspecified atom stereocenters. The van der Waals surface area contributed by atoms with E-state index in [2.05, 4.69) is 20.5 Å². The van der Waals surface area contributed by atoms with Gasteiger partial charge in [-0.05, 0) is 51.9 Å². The van der Waals surface area contributed by atoms with Gasteiger partial charge in [0.25, 0.3) is 5.91 Å². The van der Waals surface area contributed by atoms with E-state index >= 15 is 0 Å². The second-order valence-corrected chi connectivity index (χ2v) is 5.24. The molecule has 1 fully saturated rings. The van der Waals surface area contributed by atoms with E-state index < -0.39 is 5.82 Å². The number of amides is 1. The summed E-state index contributed by atoms with van der Waals surface area (Å²) in [6.45, 7) is 6.45. The van der Waals surface area contributed by atoms with Crippen molar-refractivity contribution in [3.05, 3.63) is 23.6 Å². The van der Waals surface area contributed by atoms with Crippen molar-refractivity contribution in [3.8, 4) is 0 Å². The van der Waals surface area contributed by atoms with E-state index in [1.165, 1.54) is 18.9 Å². The van der Waals surface area contributed by atoms with Crippen LogP contribution in [0.1, 0.15) is 36.5 Å². The molecule has 0 bridgehead atoms. The standard InChI is InChI=1S/C15H23FN4O/c1-2-17-14-13(10-12(16)11-19-14)15(21)18-6-5-9-20-7-3-4-8-20/h10-11H,2-9H2,1H3,(H,17,19)(H,18,21). The second-order valence-electron chi connectivity index (χ2n) is 5.24. The van der Waals surface area contributed by atoms with Crippen molar-refractivity contribution >= 4 is 11.7 Å². The Bertz CT molecular complexity index is 475. The van der Waals surface area contributed by atoms with Crippen LogP contribution in [0.15, 0.2) is 12.3 Å². The minimum Gasteiger partial charge on any atom is -0.370 e. The highest BCUT2D eigenvalue weighted by molar-refractivity contribution is 5.98. The lowest BCUT2D eigenvalue weighted by Gasteiger charge is -2.14. The summed E-state index contributed by atoms with van der Waals surface area (Å²) >= 11 is 0. The van der Waals surface area contributed by atoms with Crippen molar-refractivity contribution in [2.75, 3.05) is 38.0 Å². The highest BCUT2D eigenvalue weighted by Crippen LogP contribution is 2.13. The normalized spacial score (nSPS) is 15.1. The Labute approximate surface area is 124 Å². The van der Waals surface area contributed by atoms with Crippen LogP contribution in [0.5, 0.6) is 0 Å². The summed E-state index contributed by atoms with van der Waals surface area (Å²) in [5.41, 5.74) is 0.262. The van der Waals surface area contributed by atoms with Crippen molar-refractivity contribution < 1.29 is 9.18 Å². The molecule has 1 saturated heterocycles. The van der Waals surface area contributed by atoms with Gasteiger partial charge < -0.3 is 15.5 Å². The minimum atomic E-state index is -0.501. The number of hydrogen-bond donors (Lipinski definition) is 2. The maximum atomic E-state index is 13.3. The van der Waals surface area contributed by atoms with E-state index in [1.54, 1.807) is 0 Å². The summed E-state index contributed by atoms with van der Waals surface area (Å²) in [4.78, 5) is 18.4. The molecule has 116 valence electrons. The number of hydrogen-bond acceptors (Lipinski definition) is 4. The molecular weight excluding hydrogens is 271 g/mol. The number of aromatic nitrogens is 1. The van der Waals surface area contributed by atoms with E-state index in [9.17, 15) is 9.18 Å². The lowest BCUT2D eigenvalue weighted by atomic mass is 10.2. The quantitative estimate of drug-likeness (QED) is 0.754. The molecule has 0 atom stereocenters. The van der Waals surface area contributed by atoms with E-state index in [4.69, 9.17) is 0 Å². The third-order valence-corrected chi connectivity index (χ3v) is 3.58. The molecule has 2 rings (SSSR count). The number of carbonyl (C=O) groups is 1. The summed E-state index contributed by atoms with van der Waals surface area (Å²) in [5.74, 6) is -0.353. The Kier molecular flexibility index (Phi) is 5.92. The lowest BCUT2D eigenvalue weighted by molar-refractivity contribution is 0.0952. The van der Waals surface area contributed by atoms with Crippen LogP contribution in [0.4, 0.5) is 10.2 Å². The van der Waals surface area contributed by atoms with Gasteiger partial charge >= 0.3 is 0 Å². The Morgan fingerprint density at radius 3 is 2.90 bits per heavy atom. The highest BCUT2D eigenvalue weighted by atomic mass is 19.1. The average molecular weight is 294 g/mol. The zero-order valence-corrected chi connectivity index (χ0v) is 12.5. The van der Waals surface area contributed by atoms with Crippen LogP contribution in [0.25, 0.3) is 0 Å². The fourth-order valence-electron chi connectivity index (χ4n) is 2.53. The molecule has 21 heavy (non-hydrogen) atoms. The number of halogens is 1. The van der Waals surface area contributed by atoms with Gasteiger partial charge in [-0.2, -0.15) is 0 Å². The van der Waals surface area contributed by atoms with Gasteiger partial charge in [0.1, 0.15) is 11.6 Å². The average Bonchev–Trinajstić information content (AvgIpc) is 2.99. The van der Waals surface area contributed by atoms with Crippen LogP contribution in [-0.2, 0) is 0 Å². The largest absolute Gasteiger partial charge is 0.370 e. The van der Waals surface area contributed by atoms with E-state index in [1.807, 2.05) is 6.92 Å². The number of nitrogens with zero attached hydrogens (tertiary/aromatic N) is 2. The van der Waals surface area contributed by atoms with Gasteiger partial charge in [0.15, 0.2) is 0 Å². The molecule has 1 aromatic rings. The third kappa shape index (κ3) is 4.67. The number of likely N-dealkylation sites (tertiary alicyclic amines) is 1. The summed E-state index contributed by atoms with van der Waals surface area (Å²) in [7, 11) is 0. The molecule has 1 aliphatic heterocycles. The van der Waals surface area contributed by atoms with Gasteiger partial charge in [-0.1, -0.05) is 0 Å². The Hall–Kier alpha value is -1.69. The molecule has 1 aromatic heterocycles. The molecule has 5 nitrogen and oxygen atoms in total. The molecule has 1 amide bonds. The van der Waals surface area contributed by atoms with Gasteiger partial charge in [0.05, 0.1) is 11.8 Å². The molecule has 1 aliphatic rings. The van der Waals surface area contributed by atoms with Gasteiger partial charge in [-0.25, -0.2) is 9.37 Å². The molecule has 2 N–H and O–H groups in total. The molecule has 0 aliphatic carbocycles. The number of anilines is 1. The number of rotatable bonds is 7. The predicted molar refractivity (Wildman–Crippen MR) is 81.0 cm³/mol. The Balaban J connectivity index is 1.82. The maximum Gasteiger partial charge on any atom is 0.255 e. The summed E-state index contributed by atoms with van der Waals surface area (Å²) in [6, 6.07) is 1.22. The van der Waals surface area contributed by atoms with Crippen LogP contribution in [-0.4, -0.2) is 48.5 Å². The zero-order chi connectivity index (χ0) is 15.1. The first kappa shape index (κ1) is 15.7.